The van der Waals surface area contributed by atoms with E-state index in [2.05, 4.69) is 0 Å². The number of nitrogens with two attached hydrogens (primary N) is 1. The minimum absolute atomic E-state index is 0.225. The molecule has 1 saturated heterocycles. The first-order valence-electron chi connectivity index (χ1n) is 2.87. The van der Waals surface area contributed by atoms with Crippen LogP contribution < -0.4 is 5.73 Å². The molecule has 1 aliphatic heterocycles. The SMILES string of the molecule is NC(=O)CN1CCSC1. The third-order valence-corrected chi connectivity index (χ3v) is 2.22. The highest BCUT2D eigenvalue weighted by Gasteiger charge is 2.12. The Balaban J connectivity index is 2.19. The lowest BCUT2D eigenvalue weighted by Crippen LogP contribution is -2.31. The van der Waals surface area contributed by atoms with Gasteiger partial charge in [-0.05, 0) is 0 Å². The number of thioether (sulfide) groups is 1. The highest BCUT2D eigenvalue weighted by Crippen LogP contribution is 2.11. The summed E-state index contributed by atoms with van der Waals surface area (Å²) in [6.07, 6.45) is 0. The van der Waals surface area contributed by atoms with Crippen molar-refractivity contribution in [2.24, 2.45) is 5.73 Å². The van der Waals surface area contributed by atoms with Crippen molar-refractivity contribution in [2.75, 3.05) is 24.7 Å². The van der Waals surface area contributed by atoms with Crippen LogP contribution >= 0.6 is 11.8 Å². The molecule has 0 bridgehead atoms. The maximum Gasteiger partial charge on any atom is 0.231 e. The topological polar surface area (TPSA) is 46.3 Å². The van der Waals surface area contributed by atoms with Gasteiger partial charge in [0.15, 0.2) is 0 Å². The van der Waals surface area contributed by atoms with E-state index >= 15 is 0 Å². The molecule has 0 unspecified atom stereocenters. The zero-order chi connectivity index (χ0) is 6.69. The number of nitrogens with zero attached hydrogens (tertiary/aromatic N) is 1. The summed E-state index contributed by atoms with van der Waals surface area (Å²) >= 11 is 1.84. The molecule has 52 valence electrons. The molecule has 0 spiro atoms. The quantitative estimate of drug-likeness (QED) is 0.570. The monoisotopic (exact) mass is 146 g/mol. The van der Waals surface area contributed by atoms with E-state index in [1.54, 1.807) is 0 Å². The molecule has 1 heterocycles. The number of hydrogen-bond acceptors (Lipinski definition) is 3. The molecule has 1 rings (SSSR count). The van der Waals surface area contributed by atoms with E-state index in [0.29, 0.717) is 6.54 Å². The summed E-state index contributed by atoms with van der Waals surface area (Å²) in [4.78, 5) is 12.4. The van der Waals surface area contributed by atoms with Gasteiger partial charge in [-0.2, -0.15) is 0 Å². The van der Waals surface area contributed by atoms with Gasteiger partial charge in [-0.3, -0.25) is 9.69 Å². The zero-order valence-electron chi connectivity index (χ0n) is 5.17. The molecule has 1 aliphatic rings. The highest BCUT2D eigenvalue weighted by atomic mass is 32.2. The summed E-state index contributed by atoms with van der Waals surface area (Å²) in [5.41, 5.74) is 4.98. The molecule has 0 aromatic carbocycles. The number of amides is 1. The van der Waals surface area contributed by atoms with E-state index in [1.807, 2.05) is 16.7 Å². The summed E-state index contributed by atoms with van der Waals surface area (Å²) in [6.45, 7) is 1.43. The van der Waals surface area contributed by atoms with Gasteiger partial charge < -0.3 is 5.73 Å². The van der Waals surface area contributed by atoms with Crippen LogP contribution in [0.4, 0.5) is 0 Å². The predicted molar refractivity (Wildman–Crippen MR) is 38.1 cm³/mol. The second-order valence-corrected chi connectivity index (χ2v) is 3.13. The van der Waals surface area contributed by atoms with Crippen LogP contribution in [-0.4, -0.2) is 35.5 Å². The van der Waals surface area contributed by atoms with E-state index in [9.17, 15) is 4.79 Å². The van der Waals surface area contributed by atoms with Crippen LogP contribution in [0.15, 0.2) is 0 Å². The van der Waals surface area contributed by atoms with E-state index in [-0.39, 0.29) is 5.91 Å². The summed E-state index contributed by atoms with van der Waals surface area (Å²) in [6, 6.07) is 0. The van der Waals surface area contributed by atoms with Gasteiger partial charge in [0.05, 0.1) is 6.54 Å². The molecule has 4 heteroatoms. The molecule has 9 heavy (non-hydrogen) atoms. The Bertz CT molecular complexity index is 112. The van der Waals surface area contributed by atoms with Crippen LogP contribution in [0.3, 0.4) is 0 Å². The largest absolute Gasteiger partial charge is 0.369 e. The maximum absolute atomic E-state index is 10.3. The number of rotatable bonds is 2. The number of primary amides is 1. The van der Waals surface area contributed by atoms with Gasteiger partial charge in [0.25, 0.3) is 0 Å². The van der Waals surface area contributed by atoms with Crippen LogP contribution in [0.2, 0.25) is 0 Å². The fourth-order valence-electron chi connectivity index (χ4n) is 0.797. The van der Waals surface area contributed by atoms with Gasteiger partial charge in [0, 0.05) is 18.2 Å². The minimum Gasteiger partial charge on any atom is -0.369 e. The third-order valence-electron chi connectivity index (χ3n) is 1.21. The Kier molecular flexibility index (Phi) is 2.36. The Morgan fingerprint density at radius 3 is 3.00 bits per heavy atom. The standard InChI is InChI=1S/C5H10N2OS/c6-5(8)3-7-1-2-9-4-7/h1-4H2,(H2,6,8). The number of carbonyl (C=O) groups excluding carboxylic acids is 1. The maximum atomic E-state index is 10.3. The van der Waals surface area contributed by atoms with Crippen molar-refractivity contribution in [1.82, 2.24) is 4.90 Å². The van der Waals surface area contributed by atoms with Crippen molar-refractivity contribution in [3.05, 3.63) is 0 Å². The molecule has 0 atom stereocenters. The van der Waals surface area contributed by atoms with Crippen molar-refractivity contribution in [3.63, 3.8) is 0 Å². The van der Waals surface area contributed by atoms with Crippen LogP contribution in [0.5, 0.6) is 0 Å². The van der Waals surface area contributed by atoms with E-state index in [4.69, 9.17) is 5.73 Å². The van der Waals surface area contributed by atoms with Crippen molar-refractivity contribution in [3.8, 4) is 0 Å². The average Bonchev–Trinajstić information content (AvgIpc) is 2.15. The Morgan fingerprint density at radius 2 is 2.56 bits per heavy atom. The van der Waals surface area contributed by atoms with Crippen molar-refractivity contribution in [1.29, 1.82) is 0 Å². The normalized spacial score (nSPS) is 20.4. The fraction of sp³-hybridized carbons (Fsp3) is 0.800. The first-order chi connectivity index (χ1) is 4.29. The van der Waals surface area contributed by atoms with Gasteiger partial charge in [-0.25, -0.2) is 0 Å². The number of hydrogen-bond donors (Lipinski definition) is 1. The summed E-state index contributed by atoms with van der Waals surface area (Å²) in [5, 5.41) is 0. The van der Waals surface area contributed by atoms with Crippen molar-refractivity contribution >= 4 is 17.7 Å². The van der Waals surface area contributed by atoms with Crippen LogP contribution in [0, 0.1) is 0 Å². The van der Waals surface area contributed by atoms with Gasteiger partial charge in [-0.15, -0.1) is 11.8 Å². The van der Waals surface area contributed by atoms with Gasteiger partial charge in [-0.1, -0.05) is 0 Å². The molecule has 0 radical (unpaired) electrons. The smallest absolute Gasteiger partial charge is 0.231 e. The van der Waals surface area contributed by atoms with Crippen molar-refractivity contribution in [2.45, 2.75) is 0 Å². The van der Waals surface area contributed by atoms with Crippen molar-refractivity contribution < 1.29 is 4.79 Å². The summed E-state index contributed by atoms with van der Waals surface area (Å²) in [7, 11) is 0. The lowest BCUT2D eigenvalue weighted by molar-refractivity contribution is -0.118. The van der Waals surface area contributed by atoms with Gasteiger partial charge >= 0.3 is 0 Å². The average molecular weight is 146 g/mol. The molecule has 0 aliphatic carbocycles. The fourth-order valence-corrected chi connectivity index (χ4v) is 1.79. The van der Waals surface area contributed by atoms with Gasteiger partial charge in [0.1, 0.15) is 0 Å². The Hall–Kier alpha value is -0.220. The molecule has 1 amide bonds. The minimum atomic E-state index is -0.225. The summed E-state index contributed by atoms with van der Waals surface area (Å²) in [5.74, 6) is 1.87. The lowest BCUT2D eigenvalue weighted by atomic mass is 10.5. The Morgan fingerprint density at radius 1 is 1.78 bits per heavy atom. The molecule has 2 N–H and O–H groups in total. The number of carbonyl (C=O) groups is 1. The summed E-state index contributed by atoms with van der Waals surface area (Å²) < 4.78 is 0. The van der Waals surface area contributed by atoms with E-state index in [0.717, 1.165) is 18.2 Å². The molecule has 0 aromatic heterocycles. The third kappa shape index (κ3) is 2.24. The molecule has 0 aromatic rings. The van der Waals surface area contributed by atoms with Crippen LogP contribution in [0.25, 0.3) is 0 Å². The predicted octanol–water partition coefficient (Wildman–Crippen LogP) is -0.522. The molecule has 1 fully saturated rings. The van der Waals surface area contributed by atoms with Crippen LogP contribution in [-0.2, 0) is 4.79 Å². The van der Waals surface area contributed by atoms with Gasteiger partial charge in [0.2, 0.25) is 5.91 Å². The highest BCUT2D eigenvalue weighted by molar-refractivity contribution is 7.99. The molecule has 0 saturated carbocycles. The second-order valence-electron chi connectivity index (χ2n) is 2.06. The molecular formula is C5H10N2OS. The van der Waals surface area contributed by atoms with E-state index < -0.39 is 0 Å². The second kappa shape index (κ2) is 3.08. The molecular weight excluding hydrogens is 136 g/mol. The molecule has 3 nitrogen and oxygen atoms in total. The van der Waals surface area contributed by atoms with Crippen LogP contribution in [0.1, 0.15) is 0 Å². The van der Waals surface area contributed by atoms with E-state index in [1.165, 1.54) is 0 Å². The lowest BCUT2D eigenvalue weighted by Gasteiger charge is -2.08. The first-order valence-corrected chi connectivity index (χ1v) is 4.03. The first kappa shape index (κ1) is 6.89. The zero-order valence-corrected chi connectivity index (χ0v) is 5.99. The Labute approximate surface area is 58.6 Å².